The van der Waals surface area contributed by atoms with Crippen LogP contribution < -0.4 is 0 Å². The van der Waals surface area contributed by atoms with Crippen molar-refractivity contribution in [1.82, 2.24) is 0 Å². The highest BCUT2D eigenvalue weighted by molar-refractivity contribution is 4.71. The molecular formula is C23H50O. The first kappa shape index (κ1) is 26.2. The molecule has 0 saturated carbocycles. The van der Waals surface area contributed by atoms with Crippen molar-refractivity contribution in [1.29, 1.82) is 0 Å². The quantitative estimate of drug-likeness (QED) is 0.443. The summed E-state index contributed by atoms with van der Waals surface area (Å²) >= 11 is 0. The average Bonchev–Trinajstić information content (AvgIpc) is 2.20. The van der Waals surface area contributed by atoms with Crippen LogP contribution in [0.1, 0.15) is 115 Å². The molecule has 0 aliphatic heterocycles. The summed E-state index contributed by atoms with van der Waals surface area (Å²) in [6.45, 7) is 29.3. The van der Waals surface area contributed by atoms with E-state index in [1.165, 1.54) is 25.7 Å². The standard InChI is InChI=1S/C14H30O.C9H20/c1-13(2,3)9-7-8-11-15-12-10-14(4,5)6;1-8(2,3)7-9(4,5)6/h7-12H2,1-6H3;7H2,1-6H3. The van der Waals surface area contributed by atoms with E-state index in [1.54, 1.807) is 0 Å². The molecule has 0 aliphatic carbocycles. The molecule has 0 rings (SSSR count). The van der Waals surface area contributed by atoms with Crippen LogP contribution in [-0.2, 0) is 4.74 Å². The van der Waals surface area contributed by atoms with Gasteiger partial charge in [0.1, 0.15) is 0 Å². The lowest BCUT2D eigenvalue weighted by Gasteiger charge is -2.28. The first-order valence-corrected chi connectivity index (χ1v) is 9.99. The van der Waals surface area contributed by atoms with Crippen molar-refractivity contribution < 1.29 is 4.74 Å². The molecule has 24 heavy (non-hydrogen) atoms. The molecule has 0 atom stereocenters. The summed E-state index contributed by atoms with van der Waals surface area (Å²) in [7, 11) is 0. The minimum Gasteiger partial charge on any atom is -0.381 e. The predicted octanol–water partition coefficient (Wildman–Crippen LogP) is 8.12. The van der Waals surface area contributed by atoms with E-state index in [9.17, 15) is 0 Å². The Bertz CT molecular complexity index is 258. The van der Waals surface area contributed by atoms with Gasteiger partial charge in [0.25, 0.3) is 0 Å². The zero-order valence-electron chi connectivity index (χ0n) is 19.4. The van der Waals surface area contributed by atoms with Crippen LogP contribution in [-0.4, -0.2) is 13.2 Å². The van der Waals surface area contributed by atoms with Gasteiger partial charge in [0, 0.05) is 13.2 Å². The maximum Gasteiger partial charge on any atom is 0.0471 e. The van der Waals surface area contributed by atoms with Gasteiger partial charge in [0.15, 0.2) is 0 Å². The van der Waals surface area contributed by atoms with E-state index in [0.29, 0.717) is 21.7 Å². The minimum absolute atomic E-state index is 0.408. The fourth-order valence-corrected chi connectivity index (χ4v) is 2.93. The van der Waals surface area contributed by atoms with Crippen molar-refractivity contribution in [2.75, 3.05) is 13.2 Å². The van der Waals surface area contributed by atoms with E-state index in [0.717, 1.165) is 19.6 Å². The van der Waals surface area contributed by atoms with Crippen molar-refractivity contribution in [3.05, 3.63) is 0 Å². The third-order valence-corrected chi connectivity index (χ3v) is 3.52. The van der Waals surface area contributed by atoms with Gasteiger partial charge in [-0.05, 0) is 47.3 Å². The minimum atomic E-state index is 0.408. The van der Waals surface area contributed by atoms with E-state index in [1.807, 2.05) is 0 Å². The first-order valence-electron chi connectivity index (χ1n) is 9.99. The molecule has 1 heteroatoms. The molecule has 0 radical (unpaired) electrons. The summed E-state index contributed by atoms with van der Waals surface area (Å²) in [6.07, 6.45) is 6.25. The van der Waals surface area contributed by atoms with Gasteiger partial charge < -0.3 is 4.74 Å². The second-order valence-corrected chi connectivity index (χ2v) is 12.2. The largest absolute Gasteiger partial charge is 0.381 e. The number of hydrogen-bond donors (Lipinski definition) is 0. The van der Waals surface area contributed by atoms with Crippen molar-refractivity contribution >= 4 is 0 Å². The van der Waals surface area contributed by atoms with E-state index < -0.39 is 0 Å². The van der Waals surface area contributed by atoms with Crippen molar-refractivity contribution in [3.63, 3.8) is 0 Å². The molecule has 0 fully saturated rings. The lowest BCUT2D eigenvalue weighted by atomic mass is 9.78. The van der Waals surface area contributed by atoms with Crippen molar-refractivity contribution in [2.45, 2.75) is 115 Å². The molecule has 0 heterocycles. The van der Waals surface area contributed by atoms with Gasteiger partial charge >= 0.3 is 0 Å². The van der Waals surface area contributed by atoms with Crippen molar-refractivity contribution in [2.24, 2.45) is 21.7 Å². The van der Waals surface area contributed by atoms with E-state index in [2.05, 4.69) is 83.1 Å². The molecule has 0 aromatic rings. The Morgan fingerprint density at radius 2 is 0.875 bits per heavy atom. The lowest BCUT2D eigenvalue weighted by molar-refractivity contribution is 0.103. The van der Waals surface area contributed by atoms with Crippen LogP contribution in [0.4, 0.5) is 0 Å². The molecule has 1 nitrogen and oxygen atoms in total. The number of hydrogen-bond acceptors (Lipinski definition) is 1. The van der Waals surface area contributed by atoms with Gasteiger partial charge in [0.05, 0.1) is 0 Å². The van der Waals surface area contributed by atoms with E-state index >= 15 is 0 Å². The highest BCUT2D eigenvalue weighted by atomic mass is 16.5. The summed E-state index contributed by atoms with van der Waals surface area (Å²) in [5.41, 5.74) is 1.85. The number of ether oxygens (including phenoxy) is 1. The normalized spacial score (nSPS) is 13.5. The third kappa shape index (κ3) is 29.9. The second kappa shape index (κ2) is 10.8. The Labute approximate surface area is 155 Å². The van der Waals surface area contributed by atoms with E-state index in [-0.39, 0.29) is 0 Å². The highest BCUT2D eigenvalue weighted by Crippen LogP contribution is 2.31. The maximum absolute atomic E-state index is 5.62. The smallest absolute Gasteiger partial charge is 0.0471 e. The molecule has 148 valence electrons. The summed E-state index contributed by atoms with van der Waals surface area (Å²) in [4.78, 5) is 0. The topological polar surface area (TPSA) is 9.23 Å². The highest BCUT2D eigenvalue weighted by Gasteiger charge is 2.20. The maximum atomic E-state index is 5.62. The fourth-order valence-electron chi connectivity index (χ4n) is 2.93. The molecule has 0 saturated heterocycles. The van der Waals surface area contributed by atoms with Gasteiger partial charge in [-0.3, -0.25) is 0 Å². The summed E-state index contributed by atoms with van der Waals surface area (Å²) in [6, 6.07) is 0. The third-order valence-electron chi connectivity index (χ3n) is 3.52. The molecular weight excluding hydrogens is 292 g/mol. The Hall–Kier alpha value is -0.0400. The number of unbranched alkanes of at least 4 members (excludes halogenated alkanes) is 1. The molecule has 0 aliphatic rings. The van der Waals surface area contributed by atoms with Gasteiger partial charge in [-0.15, -0.1) is 0 Å². The van der Waals surface area contributed by atoms with Crippen LogP contribution in [0.2, 0.25) is 0 Å². The van der Waals surface area contributed by atoms with Gasteiger partial charge in [-0.25, -0.2) is 0 Å². The van der Waals surface area contributed by atoms with Gasteiger partial charge in [-0.2, -0.15) is 0 Å². The lowest BCUT2D eigenvalue weighted by Crippen LogP contribution is -2.16. The summed E-state index contributed by atoms with van der Waals surface area (Å²) < 4.78 is 5.62. The molecule has 0 aromatic heterocycles. The van der Waals surface area contributed by atoms with Crippen LogP contribution in [0.15, 0.2) is 0 Å². The number of rotatable bonds is 6. The Kier molecular flexibility index (Phi) is 11.8. The monoisotopic (exact) mass is 342 g/mol. The first-order chi connectivity index (χ1) is 10.4. The van der Waals surface area contributed by atoms with Crippen LogP contribution in [0.25, 0.3) is 0 Å². The fraction of sp³-hybridized carbons (Fsp3) is 1.00. The molecule has 0 bridgehead atoms. The van der Waals surface area contributed by atoms with Crippen molar-refractivity contribution in [3.8, 4) is 0 Å². The molecule has 0 unspecified atom stereocenters. The SMILES string of the molecule is CC(C)(C)CC(C)(C)C.CC(C)(C)CCCCOCCC(C)(C)C. The zero-order valence-corrected chi connectivity index (χ0v) is 19.4. The van der Waals surface area contributed by atoms with Crippen LogP contribution in [0, 0.1) is 21.7 Å². The van der Waals surface area contributed by atoms with Crippen LogP contribution in [0.3, 0.4) is 0 Å². The van der Waals surface area contributed by atoms with Gasteiger partial charge in [-0.1, -0.05) is 89.5 Å². The second-order valence-electron chi connectivity index (χ2n) is 12.2. The molecule has 0 aromatic carbocycles. The molecule has 0 spiro atoms. The van der Waals surface area contributed by atoms with Crippen LogP contribution in [0.5, 0.6) is 0 Å². The molecule has 0 amide bonds. The Morgan fingerprint density at radius 3 is 1.17 bits per heavy atom. The average molecular weight is 343 g/mol. The Morgan fingerprint density at radius 1 is 0.458 bits per heavy atom. The van der Waals surface area contributed by atoms with Crippen LogP contribution >= 0.6 is 0 Å². The summed E-state index contributed by atoms with van der Waals surface area (Å²) in [5.74, 6) is 0. The molecule has 0 N–H and O–H groups in total. The van der Waals surface area contributed by atoms with Gasteiger partial charge in [0.2, 0.25) is 0 Å². The van der Waals surface area contributed by atoms with E-state index in [4.69, 9.17) is 4.74 Å². The summed E-state index contributed by atoms with van der Waals surface area (Å²) in [5, 5.41) is 0. The zero-order chi connectivity index (χ0) is 19.7. The predicted molar refractivity (Wildman–Crippen MR) is 112 cm³/mol. The Balaban J connectivity index is 0.